The van der Waals surface area contributed by atoms with Crippen LogP contribution in [0.5, 0.6) is 0 Å². The van der Waals surface area contributed by atoms with Gasteiger partial charge in [0.05, 0.1) is 11.4 Å². The second kappa shape index (κ2) is 9.23. The third kappa shape index (κ3) is 5.45. The fraction of sp³-hybridized carbons (Fsp3) is 0.200. The van der Waals surface area contributed by atoms with Gasteiger partial charge in [-0.1, -0.05) is 0 Å². The van der Waals surface area contributed by atoms with Crippen LogP contribution < -0.4 is 10.9 Å². The standard InChI is InChI=1S/C20H19BrN4O3S/c1-24(2)20(28)13-3-6-15(7-4-13)23-18(26)12-29-11-16-9-19(27)25-10-14(21)5-8-17(25)22-16/h3-10H,11-12H2,1-2H3,(H,23,26). The molecular formula is C20H19BrN4O3S. The van der Waals surface area contributed by atoms with E-state index in [1.54, 1.807) is 50.6 Å². The monoisotopic (exact) mass is 474 g/mol. The highest BCUT2D eigenvalue weighted by molar-refractivity contribution is 9.10. The first-order valence-electron chi connectivity index (χ1n) is 8.70. The number of nitrogens with one attached hydrogen (secondary N) is 1. The molecule has 0 unspecified atom stereocenters. The molecule has 0 fully saturated rings. The number of halogens is 1. The molecular weight excluding hydrogens is 456 g/mol. The third-order valence-corrected chi connectivity index (χ3v) is 5.42. The number of nitrogens with zero attached hydrogens (tertiary/aromatic N) is 3. The Balaban J connectivity index is 1.55. The van der Waals surface area contributed by atoms with Crippen LogP contribution in [-0.4, -0.2) is 45.9 Å². The summed E-state index contributed by atoms with van der Waals surface area (Å²) in [5, 5.41) is 2.79. The van der Waals surface area contributed by atoms with Crippen LogP contribution in [0.15, 0.2) is 57.9 Å². The van der Waals surface area contributed by atoms with Crippen molar-refractivity contribution in [1.29, 1.82) is 0 Å². The highest BCUT2D eigenvalue weighted by Gasteiger charge is 2.09. The van der Waals surface area contributed by atoms with Crippen molar-refractivity contribution in [2.24, 2.45) is 0 Å². The second-order valence-corrected chi connectivity index (χ2v) is 8.38. The lowest BCUT2D eigenvalue weighted by Gasteiger charge is -2.11. The van der Waals surface area contributed by atoms with Gasteiger partial charge in [-0.3, -0.25) is 18.8 Å². The molecule has 0 aliphatic carbocycles. The van der Waals surface area contributed by atoms with E-state index in [9.17, 15) is 14.4 Å². The van der Waals surface area contributed by atoms with Gasteiger partial charge in [-0.15, -0.1) is 11.8 Å². The number of amides is 2. The minimum Gasteiger partial charge on any atom is -0.345 e. The predicted octanol–water partition coefficient (Wildman–Crippen LogP) is 3.03. The van der Waals surface area contributed by atoms with Crippen LogP contribution >= 0.6 is 27.7 Å². The Morgan fingerprint density at radius 2 is 1.90 bits per heavy atom. The number of benzene rings is 1. The smallest absolute Gasteiger partial charge is 0.258 e. The summed E-state index contributed by atoms with van der Waals surface area (Å²) in [6.45, 7) is 0. The number of anilines is 1. The summed E-state index contributed by atoms with van der Waals surface area (Å²) in [6.07, 6.45) is 1.67. The average molecular weight is 475 g/mol. The zero-order valence-corrected chi connectivity index (χ0v) is 18.3. The van der Waals surface area contributed by atoms with Gasteiger partial charge >= 0.3 is 0 Å². The van der Waals surface area contributed by atoms with Crippen molar-refractivity contribution in [2.45, 2.75) is 5.75 Å². The fourth-order valence-corrected chi connectivity index (χ4v) is 3.65. The maximum absolute atomic E-state index is 12.2. The largest absolute Gasteiger partial charge is 0.345 e. The van der Waals surface area contributed by atoms with Crippen LogP contribution in [0, 0.1) is 0 Å². The van der Waals surface area contributed by atoms with E-state index in [1.807, 2.05) is 6.07 Å². The molecule has 2 aromatic heterocycles. The minimum atomic E-state index is -0.164. The lowest BCUT2D eigenvalue weighted by Crippen LogP contribution is -2.21. The number of aromatic nitrogens is 2. The van der Waals surface area contributed by atoms with Gasteiger partial charge in [0, 0.05) is 47.8 Å². The Labute approximate surface area is 180 Å². The number of fused-ring (bicyclic) bond motifs is 1. The quantitative estimate of drug-likeness (QED) is 0.593. The summed E-state index contributed by atoms with van der Waals surface area (Å²) >= 11 is 4.71. The fourth-order valence-electron chi connectivity index (χ4n) is 2.60. The normalized spacial score (nSPS) is 10.7. The Morgan fingerprint density at radius 1 is 1.17 bits per heavy atom. The van der Waals surface area contributed by atoms with Crippen molar-refractivity contribution in [1.82, 2.24) is 14.3 Å². The van der Waals surface area contributed by atoms with Crippen molar-refractivity contribution in [2.75, 3.05) is 25.2 Å². The molecule has 3 rings (SSSR count). The molecule has 150 valence electrons. The van der Waals surface area contributed by atoms with Crippen molar-refractivity contribution < 1.29 is 9.59 Å². The first kappa shape index (κ1) is 21.1. The van der Waals surface area contributed by atoms with Gasteiger partial charge in [-0.2, -0.15) is 0 Å². The molecule has 0 atom stereocenters. The van der Waals surface area contributed by atoms with Crippen molar-refractivity contribution in [3.05, 3.63) is 74.7 Å². The molecule has 1 aromatic carbocycles. The Hall–Kier alpha value is -2.65. The molecule has 3 aromatic rings. The minimum absolute atomic E-state index is 0.0930. The highest BCUT2D eigenvalue weighted by atomic mass is 79.9. The SMILES string of the molecule is CN(C)C(=O)c1ccc(NC(=O)CSCc2cc(=O)n3cc(Br)ccc3n2)cc1. The third-order valence-electron chi connectivity index (χ3n) is 3.98. The Bertz CT molecular complexity index is 1110. The molecule has 0 aliphatic rings. The van der Waals surface area contributed by atoms with Gasteiger partial charge < -0.3 is 10.2 Å². The molecule has 0 saturated heterocycles. The zero-order chi connectivity index (χ0) is 21.0. The predicted molar refractivity (Wildman–Crippen MR) is 118 cm³/mol. The van der Waals surface area contributed by atoms with Gasteiger partial charge in [-0.25, -0.2) is 4.98 Å². The molecule has 2 amide bonds. The van der Waals surface area contributed by atoms with Crippen molar-refractivity contribution in [3.8, 4) is 0 Å². The Kier molecular flexibility index (Phi) is 6.71. The van der Waals surface area contributed by atoms with E-state index in [0.29, 0.717) is 28.3 Å². The molecule has 1 N–H and O–H groups in total. The number of carbonyl (C=O) groups excluding carboxylic acids is 2. The molecule has 2 heterocycles. The number of hydrogen-bond acceptors (Lipinski definition) is 5. The molecule has 9 heteroatoms. The summed E-state index contributed by atoms with van der Waals surface area (Å²) in [7, 11) is 3.38. The van der Waals surface area contributed by atoms with Gasteiger partial charge in [0.25, 0.3) is 11.5 Å². The van der Waals surface area contributed by atoms with Crippen LogP contribution in [0.2, 0.25) is 0 Å². The van der Waals surface area contributed by atoms with E-state index in [2.05, 4.69) is 26.2 Å². The maximum atomic E-state index is 12.2. The summed E-state index contributed by atoms with van der Waals surface area (Å²) in [6, 6.07) is 11.8. The van der Waals surface area contributed by atoms with Crippen LogP contribution in [0.4, 0.5) is 5.69 Å². The zero-order valence-electron chi connectivity index (χ0n) is 15.9. The van der Waals surface area contributed by atoms with Gasteiger partial charge in [0.2, 0.25) is 5.91 Å². The average Bonchev–Trinajstić information content (AvgIpc) is 2.68. The van der Waals surface area contributed by atoms with Crippen LogP contribution in [0.1, 0.15) is 16.1 Å². The van der Waals surface area contributed by atoms with Crippen molar-refractivity contribution >= 4 is 50.8 Å². The van der Waals surface area contributed by atoms with E-state index < -0.39 is 0 Å². The van der Waals surface area contributed by atoms with Crippen LogP contribution in [0.3, 0.4) is 0 Å². The molecule has 0 spiro atoms. The molecule has 7 nitrogen and oxygen atoms in total. The summed E-state index contributed by atoms with van der Waals surface area (Å²) < 4.78 is 2.27. The number of hydrogen-bond donors (Lipinski definition) is 1. The summed E-state index contributed by atoms with van der Waals surface area (Å²) in [5.74, 6) is 0.415. The molecule has 0 saturated carbocycles. The lowest BCUT2D eigenvalue weighted by atomic mass is 10.2. The van der Waals surface area contributed by atoms with E-state index in [1.165, 1.54) is 27.1 Å². The summed E-state index contributed by atoms with van der Waals surface area (Å²) in [5.41, 5.74) is 2.21. The van der Waals surface area contributed by atoms with Crippen LogP contribution in [-0.2, 0) is 10.5 Å². The highest BCUT2D eigenvalue weighted by Crippen LogP contribution is 2.14. The van der Waals surface area contributed by atoms with Gasteiger partial charge in [-0.05, 0) is 52.3 Å². The first-order chi connectivity index (χ1) is 13.8. The molecule has 0 radical (unpaired) electrons. The Morgan fingerprint density at radius 3 is 2.59 bits per heavy atom. The summed E-state index contributed by atoms with van der Waals surface area (Å²) in [4.78, 5) is 42.2. The van der Waals surface area contributed by atoms with Crippen LogP contribution in [0.25, 0.3) is 5.65 Å². The molecule has 0 aliphatic heterocycles. The number of thioether (sulfide) groups is 1. The number of carbonyl (C=O) groups is 2. The second-order valence-electron chi connectivity index (χ2n) is 6.48. The lowest BCUT2D eigenvalue weighted by molar-refractivity contribution is -0.113. The maximum Gasteiger partial charge on any atom is 0.258 e. The number of pyridine rings is 1. The van der Waals surface area contributed by atoms with E-state index in [0.717, 1.165) is 4.47 Å². The number of rotatable bonds is 6. The van der Waals surface area contributed by atoms with E-state index in [-0.39, 0.29) is 23.1 Å². The van der Waals surface area contributed by atoms with Crippen molar-refractivity contribution in [3.63, 3.8) is 0 Å². The molecule has 0 bridgehead atoms. The van der Waals surface area contributed by atoms with Gasteiger partial charge in [0.1, 0.15) is 5.65 Å². The first-order valence-corrected chi connectivity index (χ1v) is 10.7. The van der Waals surface area contributed by atoms with Gasteiger partial charge in [0.15, 0.2) is 0 Å². The molecule has 29 heavy (non-hydrogen) atoms. The van der Waals surface area contributed by atoms with E-state index in [4.69, 9.17) is 0 Å². The van der Waals surface area contributed by atoms with E-state index >= 15 is 0 Å². The topological polar surface area (TPSA) is 83.8 Å².